The van der Waals surface area contributed by atoms with Crippen molar-refractivity contribution in [3.63, 3.8) is 0 Å². The third kappa shape index (κ3) is 4.02. The number of carbonyl (C=O) groups is 1. The lowest BCUT2D eigenvalue weighted by Gasteiger charge is -2.11. The number of rotatable bonds is 5. The minimum atomic E-state index is -0.609. The van der Waals surface area contributed by atoms with Crippen LogP contribution in [0, 0.1) is 11.6 Å². The molecule has 0 aliphatic rings. The molecule has 3 rings (SSSR count). The van der Waals surface area contributed by atoms with E-state index in [0.29, 0.717) is 5.13 Å². The molecule has 0 aliphatic carbocycles. The fraction of sp³-hybridized carbons (Fsp3) is 0.167. The normalized spacial score (nSPS) is 12.8. The molecule has 5 nitrogen and oxygen atoms in total. The Bertz CT molecular complexity index is 953. The molecule has 1 atom stereocenters. The molecule has 1 aromatic heterocycles. The summed E-state index contributed by atoms with van der Waals surface area (Å²) in [5.41, 5.74) is 3.37. The smallest absolute Gasteiger partial charge is 0.262 e. The first-order valence-corrected chi connectivity index (χ1v) is 8.67. The molecular weight excluding hydrogens is 358 g/mol. The van der Waals surface area contributed by atoms with Gasteiger partial charge in [-0.2, -0.15) is 5.10 Å². The van der Waals surface area contributed by atoms with Gasteiger partial charge in [0, 0.05) is 5.56 Å². The van der Waals surface area contributed by atoms with Gasteiger partial charge in [-0.15, -0.1) is 0 Å². The van der Waals surface area contributed by atoms with Gasteiger partial charge in [-0.25, -0.2) is 19.2 Å². The number of amides is 1. The second-order valence-corrected chi connectivity index (χ2v) is 6.68. The zero-order valence-corrected chi connectivity index (χ0v) is 14.9. The Labute approximate surface area is 152 Å². The average molecular weight is 374 g/mol. The summed E-state index contributed by atoms with van der Waals surface area (Å²) in [7, 11) is 0. The molecule has 1 heterocycles. The molecule has 0 radical (unpaired) electrons. The third-order valence-electron chi connectivity index (χ3n) is 3.68. The standard InChI is InChI=1S/C18H16F2N4OS/c1-10(13-9-12(19)7-8-14(13)20)23-24-17(25)11(2)21-18-22-15-5-3-4-6-16(15)26-18/h3-9,11H,1-2H3,(H,21,22)(H,24,25)/b23-10-/t11-/m0/s1. The van der Waals surface area contributed by atoms with Crippen molar-refractivity contribution < 1.29 is 13.6 Å². The highest BCUT2D eigenvalue weighted by Crippen LogP contribution is 2.25. The monoisotopic (exact) mass is 374 g/mol. The van der Waals surface area contributed by atoms with Gasteiger partial charge >= 0.3 is 0 Å². The highest BCUT2D eigenvalue weighted by molar-refractivity contribution is 7.22. The molecule has 0 fully saturated rings. The Kier molecular flexibility index (Phi) is 5.22. The Morgan fingerprint density at radius 2 is 2.00 bits per heavy atom. The molecule has 3 aromatic rings. The number of carbonyl (C=O) groups excluding carboxylic acids is 1. The van der Waals surface area contributed by atoms with Gasteiger partial charge in [-0.05, 0) is 44.2 Å². The first-order chi connectivity index (χ1) is 12.4. The Hall–Kier alpha value is -2.87. The van der Waals surface area contributed by atoms with Crippen molar-refractivity contribution in [1.82, 2.24) is 10.4 Å². The molecule has 0 saturated carbocycles. The van der Waals surface area contributed by atoms with Gasteiger partial charge in [0.1, 0.15) is 17.7 Å². The van der Waals surface area contributed by atoms with Gasteiger partial charge < -0.3 is 5.32 Å². The summed E-state index contributed by atoms with van der Waals surface area (Å²) in [5, 5.41) is 7.48. The zero-order chi connectivity index (χ0) is 18.7. The van der Waals surface area contributed by atoms with Crippen LogP contribution in [0.5, 0.6) is 0 Å². The molecule has 8 heteroatoms. The van der Waals surface area contributed by atoms with Crippen LogP contribution < -0.4 is 10.7 Å². The third-order valence-corrected chi connectivity index (χ3v) is 4.65. The van der Waals surface area contributed by atoms with E-state index in [4.69, 9.17) is 0 Å². The maximum absolute atomic E-state index is 13.7. The summed E-state index contributed by atoms with van der Waals surface area (Å²) in [6.45, 7) is 3.15. The van der Waals surface area contributed by atoms with Crippen LogP contribution >= 0.6 is 11.3 Å². The van der Waals surface area contributed by atoms with Gasteiger partial charge in [0.15, 0.2) is 5.13 Å². The molecule has 26 heavy (non-hydrogen) atoms. The summed E-state index contributed by atoms with van der Waals surface area (Å²) >= 11 is 1.44. The van der Waals surface area contributed by atoms with Crippen LogP contribution in [0.4, 0.5) is 13.9 Å². The van der Waals surface area contributed by atoms with Gasteiger partial charge in [0.25, 0.3) is 5.91 Å². The first kappa shape index (κ1) is 17.9. The maximum Gasteiger partial charge on any atom is 0.262 e. The van der Waals surface area contributed by atoms with Crippen LogP contribution in [0.1, 0.15) is 19.4 Å². The average Bonchev–Trinajstić information content (AvgIpc) is 3.03. The lowest BCUT2D eigenvalue weighted by atomic mass is 10.1. The number of hydrogen-bond acceptors (Lipinski definition) is 5. The lowest BCUT2D eigenvalue weighted by Crippen LogP contribution is -2.35. The summed E-state index contributed by atoms with van der Waals surface area (Å²) < 4.78 is 28.0. The highest BCUT2D eigenvalue weighted by Gasteiger charge is 2.15. The van der Waals surface area contributed by atoms with Crippen molar-refractivity contribution in [1.29, 1.82) is 0 Å². The molecular formula is C18H16F2N4OS. The van der Waals surface area contributed by atoms with E-state index in [2.05, 4.69) is 20.8 Å². The van der Waals surface area contributed by atoms with Crippen LogP contribution in [0.25, 0.3) is 10.2 Å². The second-order valence-electron chi connectivity index (χ2n) is 5.65. The minimum absolute atomic E-state index is 0.00270. The van der Waals surface area contributed by atoms with Crippen molar-refractivity contribution in [3.05, 3.63) is 59.7 Å². The number of para-hydroxylation sites is 1. The van der Waals surface area contributed by atoms with E-state index < -0.39 is 23.6 Å². The number of thiazole rings is 1. The number of halogens is 2. The molecule has 2 aromatic carbocycles. The molecule has 0 spiro atoms. The van der Waals surface area contributed by atoms with E-state index >= 15 is 0 Å². The van der Waals surface area contributed by atoms with Crippen molar-refractivity contribution in [2.45, 2.75) is 19.9 Å². The Morgan fingerprint density at radius 3 is 2.77 bits per heavy atom. The number of hydrogen-bond donors (Lipinski definition) is 2. The van der Waals surface area contributed by atoms with Gasteiger partial charge in [-0.1, -0.05) is 23.5 Å². The molecule has 0 aliphatic heterocycles. The number of aromatic nitrogens is 1. The lowest BCUT2D eigenvalue weighted by molar-refractivity contribution is -0.121. The number of benzene rings is 2. The molecule has 0 saturated heterocycles. The SMILES string of the molecule is C/C(=N/NC(=O)[C@H](C)Nc1nc2ccccc2s1)c1cc(F)ccc1F. The summed E-state index contributed by atoms with van der Waals surface area (Å²) in [5.74, 6) is -1.60. The van der Waals surface area contributed by atoms with Crippen molar-refractivity contribution >= 4 is 38.3 Å². The number of anilines is 1. The topological polar surface area (TPSA) is 66.4 Å². The quantitative estimate of drug-likeness (QED) is 0.526. The van der Waals surface area contributed by atoms with E-state index in [1.54, 1.807) is 6.92 Å². The molecule has 2 N–H and O–H groups in total. The predicted octanol–water partition coefficient (Wildman–Crippen LogP) is 3.92. The first-order valence-electron chi connectivity index (χ1n) is 7.85. The summed E-state index contributed by atoms with van der Waals surface area (Å²) in [6.07, 6.45) is 0. The number of hydrazone groups is 1. The molecule has 0 bridgehead atoms. The summed E-state index contributed by atoms with van der Waals surface area (Å²) in [6, 6.07) is 10.1. The van der Waals surface area contributed by atoms with E-state index in [1.165, 1.54) is 18.3 Å². The number of nitrogens with zero attached hydrogens (tertiary/aromatic N) is 2. The van der Waals surface area contributed by atoms with Gasteiger partial charge in [-0.3, -0.25) is 4.79 Å². The van der Waals surface area contributed by atoms with Crippen molar-refractivity contribution in [2.75, 3.05) is 5.32 Å². The maximum atomic E-state index is 13.7. The van der Waals surface area contributed by atoms with Gasteiger partial charge in [0.2, 0.25) is 0 Å². The molecule has 134 valence electrons. The van der Waals surface area contributed by atoms with Crippen molar-refractivity contribution in [3.8, 4) is 0 Å². The Balaban J connectivity index is 1.66. The molecule has 1 amide bonds. The molecule has 0 unspecified atom stereocenters. The van der Waals surface area contributed by atoms with E-state index in [9.17, 15) is 13.6 Å². The fourth-order valence-corrected chi connectivity index (χ4v) is 3.21. The highest BCUT2D eigenvalue weighted by atomic mass is 32.1. The number of fused-ring (bicyclic) bond motifs is 1. The fourth-order valence-electron chi connectivity index (χ4n) is 2.26. The van der Waals surface area contributed by atoms with Crippen LogP contribution in [0.3, 0.4) is 0 Å². The predicted molar refractivity (Wildman–Crippen MR) is 99.4 cm³/mol. The zero-order valence-electron chi connectivity index (χ0n) is 14.1. The van der Waals surface area contributed by atoms with Crippen LogP contribution in [-0.2, 0) is 4.79 Å². The van der Waals surface area contributed by atoms with E-state index in [1.807, 2.05) is 24.3 Å². The Morgan fingerprint density at radius 1 is 1.23 bits per heavy atom. The van der Waals surface area contributed by atoms with E-state index in [-0.39, 0.29) is 11.3 Å². The number of nitrogens with one attached hydrogen (secondary N) is 2. The second kappa shape index (κ2) is 7.57. The summed E-state index contributed by atoms with van der Waals surface area (Å²) in [4.78, 5) is 16.6. The van der Waals surface area contributed by atoms with Crippen LogP contribution in [0.15, 0.2) is 47.6 Å². The largest absolute Gasteiger partial charge is 0.350 e. The van der Waals surface area contributed by atoms with Crippen LogP contribution in [0.2, 0.25) is 0 Å². The van der Waals surface area contributed by atoms with Gasteiger partial charge in [0.05, 0.1) is 15.9 Å². The van der Waals surface area contributed by atoms with Crippen molar-refractivity contribution in [2.24, 2.45) is 5.10 Å². The van der Waals surface area contributed by atoms with E-state index in [0.717, 1.165) is 28.4 Å². The minimum Gasteiger partial charge on any atom is -0.350 e. The van der Waals surface area contributed by atoms with Crippen LogP contribution in [-0.4, -0.2) is 22.6 Å².